The summed E-state index contributed by atoms with van der Waals surface area (Å²) in [5.74, 6) is -3.03. The number of nitrogens with one attached hydrogen (secondary N) is 2. The standard InChI is InChI=1S/C21H13F3N4O5/c22-21(23,24)33-11-7-5-10(6-8-11)26-18(30)12-3-1-2-4-14(12)28-15(29)9-13-16(17(28)25)20(32)27-19(13)31/h1-9H,25H2,(H,26,30)(H,27,31,32). The van der Waals surface area contributed by atoms with E-state index < -0.39 is 35.4 Å². The van der Waals surface area contributed by atoms with Crippen LogP contribution in [0.3, 0.4) is 0 Å². The number of imide groups is 1. The molecule has 0 aliphatic carbocycles. The summed E-state index contributed by atoms with van der Waals surface area (Å²) in [6.07, 6.45) is -4.85. The van der Waals surface area contributed by atoms with Crippen LogP contribution in [0.4, 0.5) is 24.7 Å². The van der Waals surface area contributed by atoms with Crippen LogP contribution in [-0.2, 0) is 0 Å². The highest BCUT2D eigenvalue weighted by molar-refractivity contribution is 6.23. The van der Waals surface area contributed by atoms with Gasteiger partial charge in [-0.05, 0) is 36.4 Å². The van der Waals surface area contributed by atoms with Crippen molar-refractivity contribution in [2.45, 2.75) is 6.36 Å². The molecule has 2 heterocycles. The van der Waals surface area contributed by atoms with Crippen LogP contribution < -0.4 is 26.7 Å². The van der Waals surface area contributed by atoms with Gasteiger partial charge in [-0.2, -0.15) is 0 Å². The lowest BCUT2D eigenvalue weighted by Gasteiger charge is -2.16. The van der Waals surface area contributed by atoms with E-state index in [1.54, 1.807) is 0 Å². The Kier molecular flexibility index (Phi) is 5.12. The fraction of sp³-hybridized carbons (Fsp3) is 0.0476. The smallest absolute Gasteiger partial charge is 0.406 e. The predicted octanol–water partition coefficient (Wildman–Crippen LogP) is 2.45. The summed E-state index contributed by atoms with van der Waals surface area (Å²) in [5.41, 5.74) is 5.09. The van der Waals surface area contributed by atoms with E-state index in [4.69, 9.17) is 5.73 Å². The number of rotatable bonds is 4. The van der Waals surface area contributed by atoms with Crippen molar-refractivity contribution in [3.05, 3.63) is 81.6 Å². The molecule has 0 fully saturated rings. The van der Waals surface area contributed by atoms with Crippen molar-refractivity contribution < 1.29 is 32.3 Å². The van der Waals surface area contributed by atoms with Crippen molar-refractivity contribution >= 4 is 29.2 Å². The lowest BCUT2D eigenvalue weighted by Crippen LogP contribution is -2.26. The van der Waals surface area contributed by atoms with E-state index >= 15 is 0 Å². The maximum absolute atomic E-state index is 12.9. The zero-order valence-corrected chi connectivity index (χ0v) is 16.4. The van der Waals surface area contributed by atoms with E-state index in [0.29, 0.717) is 0 Å². The van der Waals surface area contributed by atoms with E-state index in [1.165, 1.54) is 36.4 Å². The highest BCUT2D eigenvalue weighted by atomic mass is 19.4. The quantitative estimate of drug-likeness (QED) is 0.515. The molecule has 0 saturated heterocycles. The Bertz CT molecular complexity index is 1360. The molecule has 4 rings (SSSR count). The zero-order chi connectivity index (χ0) is 23.9. The molecule has 33 heavy (non-hydrogen) atoms. The Labute approximate surface area is 182 Å². The van der Waals surface area contributed by atoms with Crippen LogP contribution in [0, 0.1) is 0 Å². The Balaban J connectivity index is 1.69. The fourth-order valence-electron chi connectivity index (χ4n) is 3.33. The first kappa shape index (κ1) is 21.6. The number of hydrogen-bond donors (Lipinski definition) is 3. The van der Waals surface area contributed by atoms with Crippen molar-refractivity contribution in [3.8, 4) is 11.4 Å². The lowest BCUT2D eigenvalue weighted by molar-refractivity contribution is -0.274. The second-order valence-corrected chi connectivity index (χ2v) is 6.82. The number of benzene rings is 2. The van der Waals surface area contributed by atoms with Crippen LogP contribution >= 0.6 is 0 Å². The second kappa shape index (κ2) is 7.82. The van der Waals surface area contributed by atoms with Gasteiger partial charge in [0.1, 0.15) is 11.6 Å². The Hall–Kier alpha value is -4.61. The number of ether oxygens (including phenoxy) is 1. The van der Waals surface area contributed by atoms with Crippen LogP contribution in [0.25, 0.3) is 5.69 Å². The number of fused-ring (bicyclic) bond motifs is 1. The first-order valence-corrected chi connectivity index (χ1v) is 9.23. The van der Waals surface area contributed by atoms with E-state index in [2.05, 4.69) is 10.1 Å². The third kappa shape index (κ3) is 4.13. The van der Waals surface area contributed by atoms with Gasteiger partial charge in [0.15, 0.2) is 0 Å². The molecule has 0 unspecified atom stereocenters. The maximum atomic E-state index is 12.9. The molecule has 3 aromatic rings. The molecule has 0 radical (unpaired) electrons. The average molecular weight is 458 g/mol. The Morgan fingerprint density at radius 2 is 1.67 bits per heavy atom. The number of nitrogens with two attached hydrogens (primary N) is 1. The average Bonchev–Trinajstić information content (AvgIpc) is 3.02. The highest BCUT2D eigenvalue weighted by Gasteiger charge is 2.33. The molecular weight excluding hydrogens is 445 g/mol. The topological polar surface area (TPSA) is 133 Å². The number of pyridine rings is 1. The molecule has 0 atom stereocenters. The molecule has 168 valence electrons. The molecule has 4 N–H and O–H groups in total. The lowest BCUT2D eigenvalue weighted by atomic mass is 10.1. The number of hydrogen-bond acceptors (Lipinski definition) is 6. The van der Waals surface area contributed by atoms with E-state index in [1.807, 2.05) is 5.32 Å². The maximum Gasteiger partial charge on any atom is 0.573 e. The SMILES string of the molecule is Nc1c2c(cc(=O)n1-c1ccccc1C(=O)Nc1ccc(OC(F)(F)F)cc1)C(=O)NC2=O. The van der Waals surface area contributed by atoms with E-state index in [-0.39, 0.29) is 33.9 Å². The first-order valence-electron chi connectivity index (χ1n) is 9.23. The molecule has 0 spiro atoms. The van der Waals surface area contributed by atoms with Gasteiger partial charge in [-0.1, -0.05) is 12.1 Å². The molecule has 3 amide bonds. The number of nitrogens with zero attached hydrogens (tertiary/aromatic N) is 1. The minimum absolute atomic E-state index is 0.0217. The number of alkyl halides is 3. The third-order valence-corrected chi connectivity index (χ3v) is 4.69. The second-order valence-electron chi connectivity index (χ2n) is 6.82. The fourth-order valence-corrected chi connectivity index (χ4v) is 3.33. The molecule has 1 aliphatic heterocycles. The van der Waals surface area contributed by atoms with Crippen LogP contribution in [0.5, 0.6) is 5.75 Å². The molecule has 9 nitrogen and oxygen atoms in total. The van der Waals surface area contributed by atoms with Crippen molar-refractivity contribution in [1.82, 2.24) is 9.88 Å². The van der Waals surface area contributed by atoms with Crippen LogP contribution in [0.15, 0.2) is 59.4 Å². The van der Waals surface area contributed by atoms with Gasteiger partial charge >= 0.3 is 6.36 Å². The van der Waals surface area contributed by atoms with Crippen molar-refractivity contribution in [2.75, 3.05) is 11.1 Å². The van der Waals surface area contributed by atoms with Gasteiger partial charge in [0.25, 0.3) is 23.3 Å². The largest absolute Gasteiger partial charge is 0.573 e. The summed E-state index contributed by atoms with van der Waals surface area (Å²) < 4.78 is 41.6. The third-order valence-electron chi connectivity index (χ3n) is 4.69. The van der Waals surface area contributed by atoms with E-state index in [0.717, 1.165) is 22.8 Å². The number of carbonyl (C=O) groups excluding carboxylic acids is 3. The van der Waals surface area contributed by atoms with Gasteiger partial charge in [-0.25, -0.2) is 0 Å². The highest BCUT2D eigenvalue weighted by Crippen LogP contribution is 2.26. The molecule has 2 aromatic carbocycles. The Morgan fingerprint density at radius 3 is 2.33 bits per heavy atom. The molecule has 1 aliphatic rings. The van der Waals surface area contributed by atoms with Crippen molar-refractivity contribution in [3.63, 3.8) is 0 Å². The number of para-hydroxylation sites is 1. The molecule has 12 heteroatoms. The molecule has 0 saturated carbocycles. The summed E-state index contributed by atoms with van der Waals surface area (Å²) in [4.78, 5) is 49.5. The molecule has 1 aromatic heterocycles. The van der Waals surface area contributed by atoms with Crippen molar-refractivity contribution in [1.29, 1.82) is 0 Å². The molecular formula is C21H13F3N4O5. The summed E-state index contributed by atoms with van der Waals surface area (Å²) in [6, 6.07) is 11.2. The number of nitrogen functional groups attached to an aromatic ring is 1. The van der Waals surface area contributed by atoms with Gasteiger partial charge in [-0.15, -0.1) is 13.2 Å². The van der Waals surface area contributed by atoms with Crippen molar-refractivity contribution in [2.24, 2.45) is 0 Å². The summed E-state index contributed by atoms with van der Waals surface area (Å²) >= 11 is 0. The first-order chi connectivity index (χ1) is 15.5. The number of halogens is 3. The van der Waals surface area contributed by atoms with Crippen LogP contribution in [0.2, 0.25) is 0 Å². The van der Waals surface area contributed by atoms with Gasteiger partial charge < -0.3 is 15.8 Å². The van der Waals surface area contributed by atoms with Gasteiger partial charge in [-0.3, -0.25) is 29.1 Å². The van der Waals surface area contributed by atoms with Crippen LogP contribution in [-0.4, -0.2) is 28.7 Å². The molecule has 0 bridgehead atoms. The predicted molar refractivity (Wildman–Crippen MR) is 109 cm³/mol. The van der Waals surface area contributed by atoms with Crippen LogP contribution in [0.1, 0.15) is 31.1 Å². The monoisotopic (exact) mass is 458 g/mol. The number of amides is 3. The number of carbonyl (C=O) groups is 3. The summed E-state index contributed by atoms with van der Waals surface area (Å²) in [7, 11) is 0. The Morgan fingerprint density at radius 1 is 1.00 bits per heavy atom. The van der Waals surface area contributed by atoms with E-state index in [9.17, 15) is 32.3 Å². The van der Waals surface area contributed by atoms with Gasteiger partial charge in [0, 0.05) is 11.8 Å². The zero-order valence-electron chi connectivity index (χ0n) is 16.4. The minimum Gasteiger partial charge on any atom is -0.406 e. The summed E-state index contributed by atoms with van der Waals surface area (Å²) in [6.45, 7) is 0. The van der Waals surface area contributed by atoms with Gasteiger partial charge in [0.2, 0.25) is 0 Å². The minimum atomic E-state index is -4.85. The normalized spacial score (nSPS) is 12.8. The number of aromatic nitrogens is 1. The van der Waals surface area contributed by atoms with Gasteiger partial charge in [0.05, 0.1) is 22.4 Å². The number of anilines is 2. The summed E-state index contributed by atoms with van der Waals surface area (Å²) in [5, 5.41) is 4.55.